The van der Waals surface area contributed by atoms with Gasteiger partial charge in [-0.05, 0) is 73.9 Å². The van der Waals surface area contributed by atoms with Crippen molar-refractivity contribution >= 4 is 28.3 Å². The molecule has 7 nitrogen and oxygen atoms in total. The van der Waals surface area contributed by atoms with Crippen molar-refractivity contribution < 1.29 is 18.6 Å². The molecule has 2 aromatic carbocycles. The molecule has 2 N–H and O–H groups in total. The van der Waals surface area contributed by atoms with Crippen molar-refractivity contribution in [3.05, 3.63) is 40.7 Å². The average molecular weight is 568 g/mol. The Morgan fingerprint density at radius 1 is 1.18 bits per heavy atom. The van der Waals surface area contributed by atoms with Crippen LogP contribution < -0.4 is 15.0 Å². The van der Waals surface area contributed by atoms with Crippen LogP contribution in [0.2, 0.25) is 5.02 Å². The van der Waals surface area contributed by atoms with Gasteiger partial charge in [0.15, 0.2) is 5.82 Å². The molecule has 1 aliphatic carbocycles. The summed E-state index contributed by atoms with van der Waals surface area (Å²) in [6.45, 7) is 3.22. The zero-order chi connectivity index (χ0) is 27.2. The van der Waals surface area contributed by atoms with Crippen LogP contribution in [0.4, 0.5) is 14.6 Å². The second-order valence-corrected chi connectivity index (χ2v) is 12.7. The van der Waals surface area contributed by atoms with E-state index in [2.05, 4.69) is 20.1 Å². The number of alkyl halides is 1. The first-order valence-corrected chi connectivity index (χ1v) is 14.8. The Balaban J connectivity index is 1.24. The third kappa shape index (κ3) is 3.96. The van der Waals surface area contributed by atoms with E-state index in [-0.39, 0.29) is 41.4 Å². The second-order valence-electron chi connectivity index (χ2n) is 12.3. The highest BCUT2D eigenvalue weighted by atomic mass is 35.5. The smallest absolute Gasteiger partial charge is 0.319 e. The Morgan fingerprint density at radius 3 is 2.83 bits per heavy atom. The van der Waals surface area contributed by atoms with Crippen molar-refractivity contribution in [1.82, 2.24) is 20.2 Å². The highest BCUT2D eigenvalue weighted by molar-refractivity contribution is 6.32. The van der Waals surface area contributed by atoms with Crippen molar-refractivity contribution in [2.45, 2.75) is 68.2 Å². The van der Waals surface area contributed by atoms with E-state index in [1.165, 1.54) is 6.07 Å². The topological polar surface area (TPSA) is 73.8 Å². The van der Waals surface area contributed by atoms with Crippen LogP contribution in [-0.2, 0) is 0 Å². The van der Waals surface area contributed by atoms with E-state index in [9.17, 15) is 9.50 Å². The molecule has 4 atom stereocenters. The van der Waals surface area contributed by atoms with Gasteiger partial charge < -0.3 is 20.1 Å². The molecule has 5 aliphatic rings. The van der Waals surface area contributed by atoms with Crippen molar-refractivity contribution in [3.8, 4) is 22.9 Å². The lowest BCUT2D eigenvalue weighted by molar-refractivity contribution is 0.107. The van der Waals surface area contributed by atoms with Crippen molar-refractivity contribution in [2.24, 2.45) is 0 Å². The Kier molecular flexibility index (Phi) is 5.70. The molecule has 8 rings (SSSR count). The van der Waals surface area contributed by atoms with Crippen LogP contribution in [0.15, 0.2) is 24.3 Å². The Hall–Kier alpha value is -2.75. The minimum absolute atomic E-state index is 0.00000696. The highest BCUT2D eigenvalue weighted by Crippen LogP contribution is 2.50. The van der Waals surface area contributed by atoms with Crippen molar-refractivity contribution in [2.75, 3.05) is 37.7 Å². The minimum Gasteiger partial charge on any atom is -0.508 e. The Labute approximate surface area is 236 Å². The SMILES string of the molecule is Oc1cc(Cl)c(C2CC2)c(-c2ccc3c(N4C[C@H]5C[C@@H]4CN5)nc(OC[C@@]45CCCN4C[C@H](F)C5)nc3c2F)c1. The van der Waals surface area contributed by atoms with E-state index in [0.29, 0.717) is 46.4 Å². The number of ether oxygens (including phenoxy) is 1. The predicted molar refractivity (Wildman–Crippen MR) is 150 cm³/mol. The van der Waals surface area contributed by atoms with Crippen LogP contribution in [0.3, 0.4) is 0 Å². The van der Waals surface area contributed by atoms with Crippen LogP contribution in [-0.4, -0.2) is 76.6 Å². The molecule has 0 spiro atoms. The number of phenols is 1. The largest absolute Gasteiger partial charge is 0.508 e. The predicted octanol–water partition coefficient (Wildman–Crippen LogP) is 5.18. The summed E-state index contributed by atoms with van der Waals surface area (Å²) in [5.74, 6) is 0.443. The number of aromatic hydroxyl groups is 1. The van der Waals surface area contributed by atoms with Crippen LogP contribution in [0.1, 0.15) is 50.0 Å². The molecule has 3 aromatic rings. The molecular weight excluding hydrogens is 536 g/mol. The summed E-state index contributed by atoms with van der Waals surface area (Å²) in [5, 5.41) is 14.9. The molecule has 40 heavy (non-hydrogen) atoms. The molecule has 5 fully saturated rings. The van der Waals surface area contributed by atoms with Crippen LogP contribution in [0, 0.1) is 5.82 Å². The maximum atomic E-state index is 16.6. The number of rotatable bonds is 6. The van der Waals surface area contributed by atoms with Crippen LogP contribution >= 0.6 is 11.6 Å². The summed E-state index contributed by atoms with van der Waals surface area (Å²) >= 11 is 6.55. The summed E-state index contributed by atoms with van der Waals surface area (Å²) < 4.78 is 37.2. The molecule has 0 radical (unpaired) electrons. The van der Waals surface area contributed by atoms with E-state index in [0.717, 1.165) is 57.3 Å². The third-order valence-corrected chi connectivity index (χ3v) is 10.0. The molecule has 0 amide bonds. The fourth-order valence-electron chi connectivity index (χ4n) is 7.70. The quantitative estimate of drug-likeness (QED) is 0.425. The van der Waals surface area contributed by atoms with E-state index in [4.69, 9.17) is 21.3 Å². The van der Waals surface area contributed by atoms with Gasteiger partial charge in [-0.15, -0.1) is 0 Å². The molecule has 1 aromatic heterocycles. The van der Waals surface area contributed by atoms with E-state index >= 15 is 4.39 Å². The number of nitrogens with zero attached hydrogens (tertiary/aromatic N) is 4. The van der Waals surface area contributed by atoms with E-state index in [1.807, 2.05) is 6.07 Å². The van der Waals surface area contributed by atoms with Gasteiger partial charge >= 0.3 is 6.01 Å². The summed E-state index contributed by atoms with van der Waals surface area (Å²) in [6.07, 6.45) is 4.45. The molecule has 2 bridgehead atoms. The third-order valence-electron chi connectivity index (χ3n) is 9.72. The number of phenolic OH excluding ortho intramolecular Hbond substituents is 1. The molecule has 10 heteroatoms. The molecule has 5 heterocycles. The monoisotopic (exact) mass is 567 g/mol. The summed E-state index contributed by atoms with van der Waals surface area (Å²) in [6, 6.07) is 7.52. The van der Waals surface area contributed by atoms with Gasteiger partial charge in [0.05, 0.1) is 5.54 Å². The van der Waals surface area contributed by atoms with Gasteiger partial charge in [0.2, 0.25) is 0 Å². The average Bonchev–Trinajstić information content (AvgIpc) is 3.21. The lowest BCUT2D eigenvalue weighted by atomic mass is 9.94. The molecule has 0 unspecified atom stereocenters. The maximum absolute atomic E-state index is 16.6. The number of nitrogens with one attached hydrogen (secondary N) is 1. The molecular formula is C30H32ClF2N5O2. The zero-order valence-corrected chi connectivity index (χ0v) is 22.9. The van der Waals surface area contributed by atoms with E-state index < -0.39 is 12.0 Å². The van der Waals surface area contributed by atoms with Gasteiger partial charge in [-0.3, -0.25) is 4.90 Å². The normalized spacial score (nSPS) is 29.6. The van der Waals surface area contributed by atoms with Crippen LogP contribution in [0.25, 0.3) is 22.0 Å². The van der Waals surface area contributed by atoms with Gasteiger partial charge in [-0.2, -0.15) is 9.97 Å². The number of fused-ring (bicyclic) bond motifs is 4. The van der Waals surface area contributed by atoms with Crippen molar-refractivity contribution in [1.29, 1.82) is 0 Å². The van der Waals surface area contributed by atoms with Gasteiger partial charge in [-0.25, -0.2) is 8.78 Å². The van der Waals surface area contributed by atoms with Crippen molar-refractivity contribution in [3.63, 3.8) is 0 Å². The van der Waals surface area contributed by atoms with Crippen LogP contribution in [0.5, 0.6) is 11.8 Å². The zero-order valence-electron chi connectivity index (χ0n) is 22.2. The van der Waals surface area contributed by atoms with Gasteiger partial charge in [0.1, 0.15) is 29.9 Å². The standard InChI is InChI=1S/C30H32ClF2N5O2/c31-24-10-20(39)9-23(25(24)16-2-3-16)21-4-5-22-27(26(21)33)35-29(36-28(22)38-14-18-8-19(38)12-34-18)40-15-30-6-1-7-37(30)13-17(32)11-30/h4-5,9-10,16-19,34,39H,1-3,6-8,11-15H2/t17-,18-,19-,30+/m1/s1. The number of benzene rings is 2. The number of piperazine rings is 1. The number of anilines is 1. The Morgan fingerprint density at radius 2 is 2.05 bits per heavy atom. The molecule has 210 valence electrons. The summed E-state index contributed by atoms with van der Waals surface area (Å²) in [5.41, 5.74) is 1.65. The molecule has 4 aliphatic heterocycles. The van der Waals surface area contributed by atoms with Gasteiger partial charge in [0, 0.05) is 54.1 Å². The fourth-order valence-corrected chi connectivity index (χ4v) is 8.07. The first-order chi connectivity index (χ1) is 19.4. The first-order valence-electron chi connectivity index (χ1n) is 14.4. The van der Waals surface area contributed by atoms with E-state index in [1.54, 1.807) is 12.1 Å². The molecule has 4 saturated heterocycles. The fraction of sp³-hybridized carbons (Fsp3) is 0.533. The summed E-state index contributed by atoms with van der Waals surface area (Å²) in [7, 11) is 0. The first kappa shape index (κ1) is 25.0. The van der Waals surface area contributed by atoms with Gasteiger partial charge in [-0.1, -0.05) is 17.7 Å². The Bertz CT molecular complexity index is 1520. The lowest BCUT2D eigenvalue weighted by Crippen LogP contribution is -2.44. The van der Waals surface area contributed by atoms with Gasteiger partial charge in [0.25, 0.3) is 0 Å². The minimum atomic E-state index is -0.862. The number of hydrogen-bond acceptors (Lipinski definition) is 7. The molecule has 1 saturated carbocycles. The number of halogens is 3. The lowest BCUT2D eigenvalue weighted by Gasteiger charge is -2.32. The maximum Gasteiger partial charge on any atom is 0.319 e. The summed E-state index contributed by atoms with van der Waals surface area (Å²) in [4.78, 5) is 13.9. The second kappa shape index (κ2) is 9.13. The highest BCUT2D eigenvalue weighted by Gasteiger charge is 2.49. The number of hydrogen-bond donors (Lipinski definition) is 2. The number of aromatic nitrogens is 2.